The van der Waals surface area contributed by atoms with Crippen molar-refractivity contribution in [3.8, 4) is 11.8 Å². The summed E-state index contributed by atoms with van der Waals surface area (Å²) in [6, 6.07) is 7.36. The summed E-state index contributed by atoms with van der Waals surface area (Å²) in [6.45, 7) is 0. The van der Waals surface area contributed by atoms with Crippen LogP contribution in [0.15, 0.2) is 42.7 Å². The summed E-state index contributed by atoms with van der Waals surface area (Å²) in [5.41, 5.74) is 0.914. The second kappa shape index (κ2) is 6.01. The van der Waals surface area contributed by atoms with Crippen LogP contribution >= 0.6 is 0 Å². The molecule has 0 fully saturated rings. The van der Waals surface area contributed by atoms with Crippen molar-refractivity contribution in [1.82, 2.24) is 9.97 Å². The molecule has 3 nitrogen and oxygen atoms in total. The van der Waals surface area contributed by atoms with Crippen LogP contribution in [0.25, 0.3) is 10.9 Å². The van der Waals surface area contributed by atoms with Gasteiger partial charge in [-0.15, -0.1) is 0 Å². The molecule has 5 heteroatoms. The van der Waals surface area contributed by atoms with E-state index >= 15 is 0 Å². The number of aromatic nitrogens is 2. The van der Waals surface area contributed by atoms with E-state index in [2.05, 4.69) is 21.8 Å². The number of anilines is 1. The van der Waals surface area contributed by atoms with Crippen LogP contribution in [-0.4, -0.2) is 24.1 Å². The largest absolute Gasteiger partial charge is 0.362 e. The Morgan fingerprint density at radius 1 is 0.957 bits per heavy atom. The number of halogens is 2. The predicted octanol–water partition coefficient (Wildman–Crippen LogP) is 3.37. The molecule has 2 heterocycles. The second-order valence-electron chi connectivity index (χ2n) is 5.14. The molecule has 2 aromatic heterocycles. The maximum absolute atomic E-state index is 13.7. The molecule has 0 radical (unpaired) electrons. The number of fused-ring (bicyclic) bond motifs is 1. The first-order valence-corrected chi connectivity index (χ1v) is 6.95. The van der Waals surface area contributed by atoms with E-state index in [1.807, 2.05) is 31.1 Å². The highest BCUT2D eigenvalue weighted by Crippen LogP contribution is 2.23. The number of rotatable bonds is 1. The van der Waals surface area contributed by atoms with Gasteiger partial charge in [-0.3, -0.25) is 4.98 Å². The Labute approximate surface area is 132 Å². The first-order chi connectivity index (χ1) is 11.1. The van der Waals surface area contributed by atoms with Gasteiger partial charge in [0.25, 0.3) is 0 Å². The summed E-state index contributed by atoms with van der Waals surface area (Å²) in [7, 11) is 3.77. The lowest BCUT2D eigenvalue weighted by Gasteiger charge is -2.14. The van der Waals surface area contributed by atoms with E-state index in [1.165, 1.54) is 18.2 Å². The number of pyridine rings is 2. The first kappa shape index (κ1) is 14.9. The molecule has 0 unspecified atom stereocenters. The minimum atomic E-state index is -0.687. The van der Waals surface area contributed by atoms with Crippen molar-refractivity contribution in [2.24, 2.45) is 0 Å². The maximum Gasteiger partial charge on any atom is 0.141 e. The van der Waals surface area contributed by atoms with Gasteiger partial charge in [0.15, 0.2) is 0 Å². The molecule has 0 spiro atoms. The number of benzene rings is 1. The van der Waals surface area contributed by atoms with Crippen LogP contribution in [0.1, 0.15) is 11.1 Å². The monoisotopic (exact) mass is 309 g/mol. The van der Waals surface area contributed by atoms with Gasteiger partial charge >= 0.3 is 0 Å². The molecule has 0 aliphatic heterocycles. The molecular weight excluding hydrogens is 296 g/mol. The van der Waals surface area contributed by atoms with Crippen LogP contribution in [0.5, 0.6) is 0 Å². The third-order valence-electron chi connectivity index (χ3n) is 3.33. The van der Waals surface area contributed by atoms with Crippen LogP contribution in [0, 0.1) is 23.5 Å². The van der Waals surface area contributed by atoms with E-state index in [9.17, 15) is 8.78 Å². The molecule has 0 bridgehead atoms. The van der Waals surface area contributed by atoms with Gasteiger partial charge in [0, 0.05) is 31.9 Å². The molecule has 3 aromatic rings. The Balaban J connectivity index is 2.17. The van der Waals surface area contributed by atoms with Gasteiger partial charge in [-0.25, -0.2) is 13.8 Å². The zero-order valence-electron chi connectivity index (χ0n) is 12.6. The molecule has 114 valence electrons. The molecule has 0 atom stereocenters. The zero-order valence-corrected chi connectivity index (χ0v) is 12.6. The van der Waals surface area contributed by atoms with E-state index in [4.69, 9.17) is 0 Å². The van der Waals surface area contributed by atoms with Crippen molar-refractivity contribution in [1.29, 1.82) is 0 Å². The Hall–Kier alpha value is -3.00. The lowest BCUT2D eigenvalue weighted by molar-refractivity contribution is 0.577. The summed E-state index contributed by atoms with van der Waals surface area (Å²) < 4.78 is 27.3. The minimum absolute atomic E-state index is 0.256. The lowest BCUT2D eigenvalue weighted by atomic mass is 10.1. The predicted molar refractivity (Wildman–Crippen MR) is 86.2 cm³/mol. The zero-order chi connectivity index (χ0) is 16.4. The summed E-state index contributed by atoms with van der Waals surface area (Å²) in [5.74, 6) is 4.71. The van der Waals surface area contributed by atoms with Crippen LogP contribution < -0.4 is 4.90 Å². The molecule has 0 N–H and O–H groups in total. The Morgan fingerprint density at radius 2 is 1.70 bits per heavy atom. The van der Waals surface area contributed by atoms with Crippen molar-refractivity contribution in [3.05, 3.63) is 65.5 Å². The first-order valence-electron chi connectivity index (χ1n) is 6.95. The third-order valence-corrected chi connectivity index (χ3v) is 3.33. The van der Waals surface area contributed by atoms with Gasteiger partial charge in [-0.05, 0) is 24.3 Å². The summed E-state index contributed by atoms with van der Waals surface area (Å²) >= 11 is 0. The van der Waals surface area contributed by atoms with E-state index in [0.717, 1.165) is 11.2 Å². The van der Waals surface area contributed by atoms with E-state index in [0.29, 0.717) is 11.1 Å². The molecule has 1 aromatic carbocycles. The fraction of sp³-hybridized carbons (Fsp3) is 0.111. The second-order valence-corrected chi connectivity index (χ2v) is 5.14. The van der Waals surface area contributed by atoms with Gasteiger partial charge in [0.2, 0.25) is 0 Å². The normalized spacial score (nSPS) is 10.3. The van der Waals surface area contributed by atoms with Crippen molar-refractivity contribution in [2.45, 2.75) is 0 Å². The number of hydrogen-bond acceptors (Lipinski definition) is 3. The topological polar surface area (TPSA) is 29.0 Å². The van der Waals surface area contributed by atoms with Gasteiger partial charge < -0.3 is 4.90 Å². The molecule has 0 saturated carbocycles. The average molecular weight is 309 g/mol. The van der Waals surface area contributed by atoms with Crippen molar-refractivity contribution >= 4 is 16.7 Å². The number of nitrogens with zero attached hydrogens (tertiary/aromatic N) is 3. The fourth-order valence-electron chi connectivity index (χ4n) is 2.25. The van der Waals surface area contributed by atoms with E-state index < -0.39 is 11.6 Å². The molecule has 0 amide bonds. The van der Waals surface area contributed by atoms with Crippen LogP contribution in [0.2, 0.25) is 0 Å². The highest BCUT2D eigenvalue weighted by atomic mass is 19.1. The Kier molecular flexibility index (Phi) is 3.90. The van der Waals surface area contributed by atoms with Gasteiger partial charge in [-0.2, -0.15) is 0 Å². The van der Waals surface area contributed by atoms with Crippen LogP contribution in [-0.2, 0) is 0 Å². The van der Waals surface area contributed by atoms with Crippen molar-refractivity contribution in [2.75, 3.05) is 19.0 Å². The van der Waals surface area contributed by atoms with Crippen LogP contribution in [0.4, 0.5) is 14.6 Å². The average Bonchev–Trinajstić information content (AvgIpc) is 2.54. The van der Waals surface area contributed by atoms with E-state index in [1.54, 1.807) is 12.4 Å². The van der Waals surface area contributed by atoms with E-state index in [-0.39, 0.29) is 5.56 Å². The lowest BCUT2D eigenvalue weighted by Crippen LogP contribution is -2.11. The molecule has 0 saturated heterocycles. The molecule has 3 rings (SSSR count). The summed E-state index contributed by atoms with van der Waals surface area (Å²) in [5, 5.41) is 0.832. The quantitative estimate of drug-likeness (QED) is 0.645. The standard InChI is InChI=1S/C18H13F2N3/c1-23(2)18-14-5-4-10-21-17(14)12(11-22-18)8-9-13-15(19)6-3-7-16(13)20/h3-7,10-11H,1-2H3. The van der Waals surface area contributed by atoms with Crippen molar-refractivity contribution in [3.63, 3.8) is 0 Å². The highest BCUT2D eigenvalue weighted by Gasteiger charge is 2.09. The fourth-order valence-corrected chi connectivity index (χ4v) is 2.25. The summed E-state index contributed by atoms with van der Waals surface area (Å²) in [6.07, 6.45) is 3.22. The Bertz CT molecular complexity index is 920. The highest BCUT2D eigenvalue weighted by molar-refractivity contribution is 5.93. The molecule has 0 aliphatic carbocycles. The SMILES string of the molecule is CN(C)c1ncc(C#Cc2c(F)cccc2F)c2ncccc12. The Morgan fingerprint density at radius 3 is 2.39 bits per heavy atom. The third kappa shape index (κ3) is 2.84. The molecular formula is C18H13F2N3. The van der Waals surface area contributed by atoms with Crippen LogP contribution in [0.3, 0.4) is 0 Å². The van der Waals surface area contributed by atoms with Gasteiger partial charge in [0.05, 0.1) is 16.6 Å². The molecule has 23 heavy (non-hydrogen) atoms. The number of hydrogen-bond donors (Lipinski definition) is 0. The maximum atomic E-state index is 13.7. The minimum Gasteiger partial charge on any atom is -0.362 e. The smallest absolute Gasteiger partial charge is 0.141 e. The molecule has 0 aliphatic rings. The van der Waals surface area contributed by atoms with Gasteiger partial charge in [0.1, 0.15) is 17.5 Å². The van der Waals surface area contributed by atoms with Gasteiger partial charge in [-0.1, -0.05) is 17.9 Å². The summed E-state index contributed by atoms with van der Waals surface area (Å²) in [4.78, 5) is 10.6. The van der Waals surface area contributed by atoms with Crippen molar-refractivity contribution < 1.29 is 8.78 Å².